The summed E-state index contributed by atoms with van der Waals surface area (Å²) in [7, 11) is 0. The first-order valence-corrected chi connectivity index (χ1v) is 9.54. The second-order valence-electron chi connectivity index (χ2n) is 7.22. The smallest absolute Gasteiger partial charge is 0.349 e. The van der Waals surface area contributed by atoms with Crippen molar-refractivity contribution in [2.45, 2.75) is 25.1 Å². The predicted molar refractivity (Wildman–Crippen MR) is 105 cm³/mol. The van der Waals surface area contributed by atoms with E-state index in [2.05, 4.69) is 25.4 Å². The Labute approximate surface area is 174 Å². The number of nitrogens with one attached hydrogen (secondary N) is 1. The number of pyridine rings is 2. The van der Waals surface area contributed by atoms with E-state index < -0.39 is 11.9 Å². The van der Waals surface area contributed by atoms with E-state index in [0.717, 1.165) is 18.9 Å². The Kier molecular flexibility index (Phi) is 4.42. The summed E-state index contributed by atoms with van der Waals surface area (Å²) in [4.78, 5) is 24.9. The number of halogens is 3. The molecular formula is C21H15F3N6O. The van der Waals surface area contributed by atoms with E-state index in [-0.39, 0.29) is 23.3 Å². The van der Waals surface area contributed by atoms with Crippen molar-refractivity contribution in [3.8, 4) is 22.6 Å². The van der Waals surface area contributed by atoms with Crippen LogP contribution in [-0.4, -0.2) is 36.5 Å². The van der Waals surface area contributed by atoms with Gasteiger partial charge in [-0.2, -0.15) is 18.3 Å². The maximum Gasteiger partial charge on any atom is 0.433 e. The first-order chi connectivity index (χ1) is 14.9. The monoisotopic (exact) mass is 424 g/mol. The summed E-state index contributed by atoms with van der Waals surface area (Å²) in [5.74, 6) is -0.222. The van der Waals surface area contributed by atoms with E-state index in [9.17, 15) is 18.0 Å². The van der Waals surface area contributed by atoms with Gasteiger partial charge in [-0.1, -0.05) is 6.07 Å². The van der Waals surface area contributed by atoms with Crippen LogP contribution >= 0.6 is 0 Å². The Hall–Kier alpha value is -3.82. The normalized spacial score (nSPS) is 14.0. The van der Waals surface area contributed by atoms with Gasteiger partial charge in [0.25, 0.3) is 5.91 Å². The van der Waals surface area contributed by atoms with Gasteiger partial charge in [-0.3, -0.25) is 9.78 Å². The highest BCUT2D eigenvalue weighted by Gasteiger charge is 2.33. The van der Waals surface area contributed by atoms with Crippen LogP contribution in [0, 0.1) is 0 Å². The molecular weight excluding hydrogens is 409 g/mol. The molecule has 0 aromatic carbocycles. The standard InChI is InChI=1S/C21H15F3N6O/c22-21(23,24)18-5-1-4-15(29-18)19-13(3-2-8-25-19)16-9-17-14(10-27-30(17)11-26-16)20(31)28-12-6-7-12/h1-5,8-12H,6-7H2,(H,28,31). The van der Waals surface area contributed by atoms with Gasteiger partial charge in [0.2, 0.25) is 0 Å². The fourth-order valence-electron chi connectivity index (χ4n) is 3.24. The van der Waals surface area contributed by atoms with Gasteiger partial charge in [0.1, 0.15) is 12.0 Å². The molecule has 31 heavy (non-hydrogen) atoms. The van der Waals surface area contributed by atoms with Crippen LogP contribution in [0.4, 0.5) is 13.2 Å². The van der Waals surface area contributed by atoms with Gasteiger partial charge in [-0.15, -0.1) is 0 Å². The largest absolute Gasteiger partial charge is 0.433 e. The molecule has 0 atom stereocenters. The van der Waals surface area contributed by atoms with Crippen LogP contribution in [0.2, 0.25) is 0 Å². The Morgan fingerprint density at radius 3 is 2.71 bits per heavy atom. The van der Waals surface area contributed by atoms with Crippen molar-refractivity contribution in [2.75, 3.05) is 0 Å². The van der Waals surface area contributed by atoms with Crippen molar-refractivity contribution in [2.24, 2.45) is 0 Å². The third kappa shape index (κ3) is 3.72. The van der Waals surface area contributed by atoms with Crippen molar-refractivity contribution in [3.05, 3.63) is 66.4 Å². The maximum atomic E-state index is 13.1. The van der Waals surface area contributed by atoms with Crippen LogP contribution in [0.3, 0.4) is 0 Å². The predicted octanol–water partition coefficient (Wildman–Crippen LogP) is 3.76. The number of amides is 1. The van der Waals surface area contributed by atoms with Gasteiger partial charge in [-0.25, -0.2) is 14.5 Å². The minimum Gasteiger partial charge on any atom is -0.349 e. The molecule has 1 fully saturated rings. The van der Waals surface area contributed by atoms with Crippen LogP contribution in [0.25, 0.3) is 28.2 Å². The molecule has 1 N–H and O–H groups in total. The number of alkyl halides is 3. The first-order valence-electron chi connectivity index (χ1n) is 9.54. The molecule has 0 spiro atoms. The fraction of sp³-hybridized carbons (Fsp3) is 0.190. The molecule has 1 aliphatic carbocycles. The van der Waals surface area contributed by atoms with Crippen LogP contribution in [-0.2, 0) is 6.18 Å². The Morgan fingerprint density at radius 2 is 1.94 bits per heavy atom. The summed E-state index contributed by atoms with van der Waals surface area (Å²) in [6.07, 6.45) is 1.75. The highest BCUT2D eigenvalue weighted by Crippen LogP contribution is 2.32. The molecule has 156 valence electrons. The van der Waals surface area contributed by atoms with Gasteiger partial charge >= 0.3 is 6.18 Å². The number of aromatic nitrogens is 5. The molecule has 4 aromatic heterocycles. The lowest BCUT2D eigenvalue weighted by Crippen LogP contribution is -2.25. The summed E-state index contributed by atoms with van der Waals surface area (Å²) in [5.41, 5.74) is 1.21. The van der Waals surface area contributed by atoms with E-state index in [1.807, 2.05) is 0 Å². The van der Waals surface area contributed by atoms with Crippen LogP contribution in [0.1, 0.15) is 28.9 Å². The molecule has 0 bridgehead atoms. The first kappa shape index (κ1) is 19.2. The third-order valence-electron chi connectivity index (χ3n) is 4.94. The van der Waals surface area contributed by atoms with E-state index in [1.165, 1.54) is 35.4 Å². The average Bonchev–Trinajstić information content (AvgIpc) is 3.48. The van der Waals surface area contributed by atoms with Gasteiger partial charge in [0, 0.05) is 17.8 Å². The van der Waals surface area contributed by atoms with Crippen molar-refractivity contribution in [1.82, 2.24) is 29.9 Å². The van der Waals surface area contributed by atoms with Crippen LogP contribution < -0.4 is 5.32 Å². The zero-order chi connectivity index (χ0) is 21.6. The lowest BCUT2D eigenvalue weighted by atomic mass is 10.1. The van der Waals surface area contributed by atoms with E-state index in [4.69, 9.17) is 0 Å². The number of carbonyl (C=O) groups is 1. The highest BCUT2D eigenvalue weighted by molar-refractivity contribution is 6.01. The molecule has 1 aliphatic rings. The molecule has 0 unspecified atom stereocenters. The van der Waals surface area contributed by atoms with E-state index in [1.54, 1.807) is 18.2 Å². The molecule has 7 nitrogen and oxygen atoms in total. The molecule has 10 heteroatoms. The minimum absolute atomic E-state index is 0.0762. The molecule has 0 saturated heterocycles. The summed E-state index contributed by atoms with van der Waals surface area (Å²) in [6.45, 7) is 0. The number of nitrogens with zero attached hydrogens (tertiary/aromatic N) is 5. The minimum atomic E-state index is -4.57. The van der Waals surface area contributed by atoms with Gasteiger partial charge in [0.05, 0.1) is 34.4 Å². The van der Waals surface area contributed by atoms with Crippen molar-refractivity contribution in [3.63, 3.8) is 0 Å². The van der Waals surface area contributed by atoms with Crippen LogP contribution in [0.15, 0.2) is 55.1 Å². The quantitative estimate of drug-likeness (QED) is 0.539. The SMILES string of the molecule is O=C(NC1CC1)c1cnn2cnc(-c3cccnc3-c3cccc(C(F)(F)F)n3)cc12. The third-order valence-corrected chi connectivity index (χ3v) is 4.94. The zero-order valence-corrected chi connectivity index (χ0v) is 16.0. The summed E-state index contributed by atoms with van der Waals surface area (Å²) < 4.78 is 40.8. The second-order valence-corrected chi connectivity index (χ2v) is 7.22. The Bertz CT molecular complexity index is 1300. The van der Waals surface area contributed by atoms with Gasteiger partial charge in [0.15, 0.2) is 0 Å². The highest BCUT2D eigenvalue weighted by atomic mass is 19.4. The number of fused-ring (bicyclic) bond motifs is 1. The Balaban J connectivity index is 1.59. The summed E-state index contributed by atoms with van der Waals surface area (Å²) in [5, 5.41) is 7.09. The molecule has 0 aliphatic heterocycles. The van der Waals surface area contributed by atoms with Crippen molar-refractivity contribution in [1.29, 1.82) is 0 Å². The summed E-state index contributed by atoms with van der Waals surface area (Å²) in [6, 6.07) is 8.89. The molecule has 0 radical (unpaired) electrons. The molecule has 4 aromatic rings. The van der Waals surface area contributed by atoms with E-state index in [0.29, 0.717) is 22.3 Å². The molecule has 1 amide bonds. The molecule has 4 heterocycles. The topological polar surface area (TPSA) is 85.1 Å². The second kappa shape index (κ2) is 7.15. The van der Waals surface area contributed by atoms with Crippen LogP contribution in [0.5, 0.6) is 0 Å². The maximum absolute atomic E-state index is 13.1. The van der Waals surface area contributed by atoms with Gasteiger partial charge < -0.3 is 5.32 Å². The van der Waals surface area contributed by atoms with Crippen molar-refractivity contribution < 1.29 is 18.0 Å². The lowest BCUT2D eigenvalue weighted by Gasteiger charge is -2.11. The summed E-state index contributed by atoms with van der Waals surface area (Å²) >= 11 is 0. The van der Waals surface area contributed by atoms with E-state index >= 15 is 0 Å². The number of rotatable bonds is 4. The van der Waals surface area contributed by atoms with Gasteiger partial charge in [-0.05, 0) is 43.2 Å². The lowest BCUT2D eigenvalue weighted by molar-refractivity contribution is -0.141. The van der Waals surface area contributed by atoms with Crippen molar-refractivity contribution >= 4 is 11.4 Å². The number of hydrogen-bond donors (Lipinski definition) is 1. The number of hydrogen-bond acceptors (Lipinski definition) is 5. The number of carbonyl (C=O) groups excluding carboxylic acids is 1. The average molecular weight is 424 g/mol. The Morgan fingerprint density at radius 1 is 1.10 bits per heavy atom. The molecule has 1 saturated carbocycles. The fourth-order valence-corrected chi connectivity index (χ4v) is 3.24. The molecule has 5 rings (SSSR count). The zero-order valence-electron chi connectivity index (χ0n) is 16.0.